The fourth-order valence-corrected chi connectivity index (χ4v) is 4.41. The molecule has 0 saturated heterocycles. The maximum absolute atomic E-state index is 12.9. The molecule has 23 heavy (non-hydrogen) atoms. The van der Waals surface area contributed by atoms with Crippen molar-refractivity contribution >= 4 is 27.5 Å². The maximum Gasteiger partial charge on any atom is 0.329 e. The minimum absolute atomic E-state index is 0.129. The van der Waals surface area contributed by atoms with Crippen LogP contribution in [0.5, 0.6) is 0 Å². The van der Waals surface area contributed by atoms with E-state index >= 15 is 0 Å². The molecular formula is C17H22N2O3S. The van der Waals surface area contributed by atoms with E-state index in [1.807, 2.05) is 0 Å². The number of nitrogens with zero attached hydrogens (tertiary/aromatic N) is 2. The molecule has 0 aromatic carbocycles. The second-order valence-corrected chi connectivity index (χ2v) is 7.73. The molecule has 0 radical (unpaired) electrons. The highest BCUT2D eigenvalue weighted by Crippen LogP contribution is 2.35. The quantitative estimate of drug-likeness (QED) is 0.809. The van der Waals surface area contributed by atoms with Gasteiger partial charge in [-0.15, -0.1) is 11.3 Å². The zero-order valence-corrected chi connectivity index (χ0v) is 14.8. The van der Waals surface area contributed by atoms with Gasteiger partial charge in [0.25, 0.3) is 5.56 Å². The minimum atomic E-state index is -0.667. The monoisotopic (exact) mass is 334 g/mol. The lowest BCUT2D eigenvalue weighted by Gasteiger charge is -2.18. The van der Waals surface area contributed by atoms with Crippen molar-refractivity contribution in [2.75, 3.05) is 0 Å². The van der Waals surface area contributed by atoms with Crippen molar-refractivity contribution in [3.63, 3.8) is 0 Å². The SMILES string of the molecule is CC(C)OC(=O)[C@H](C)n1cnc2sc3c(c2c1=O)CC[C@@H](C)C3. The molecule has 0 bridgehead atoms. The smallest absolute Gasteiger partial charge is 0.329 e. The minimum Gasteiger partial charge on any atom is -0.461 e. The lowest BCUT2D eigenvalue weighted by atomic mass is 9.89. The molecule has 2 aromatic heterocycles. The average molecular weight is 334 g/mol. The van der Waals surface area contributed by atoms with Gasteiger partial charge in [-0.2, -0.15) is 0 Å². The van der Waals surface area contributed by atoms with Crippen molar-refractivity contribution in [2.24, 2.45) is 5.92 Å². The van der Waals surface area contributed by atoms with E-state index in [0.29, 0.717) is 11.3 Å². The van der Waals surface area contributed by atoms with E-state index in [2.05, 4.69) is 11.9 Å². The summed E-state index contributed by atoms with van der Waals surface area (Å²) in [6.45, 7) is 7.51. The third kappa shape index (κ3) is 2.92. The first-order valence-corrected chi connectivity index (χ1v) is 8.92. The summed E-state index contributed by atoms with van der Waals surface area (Å²) in [5.41, 5.74) is 1.01. The zero-order chi connectivity index (χ0) is 16.7. The van der Waals surface area contributed by atoms with Crippen LogP contribution < -0.4 is 5.56 Å². The Morgan fingerprint density at radius 3 is 2.87 bits per heavy atom. The molecule has 3 rings (SSSR count). The van der Waals surface area contributed by atoms with Gasteiger partial charge in [-0.25, -0.2) is 9.78 Å². The number of ether oxygens (including phenoxy) is 1. The van der Waals surface area contributed by atoms with Crippen molar-refractivity contribution in [1.29, 1.82) is 0 Å². The summed E-state index contributed by atoms with van der Waals surface area (Å²) in [5.74, 6) is 0.249. The Hall–Kier alpha value is -1.69. The maximum atomic E-state index is 12.9. The largest absolute Gasteiger partial charge is 0.461 e. The van der Waals surface area contributed by atoms with Crippen LogP contribution in [-0.2, 0) is 22.4 Å². The van der Waals surface area contributed by atoms with Crippen LogP contribution in [0.4, 0.5) is 0 Å². The topological polar surface area (TPSA) is 61.2 Å². The first-order chi connectivity index (χ1) is 10.9. The number of esters is 1. The Labute approximate surface area is 139 Å². The van der Waals surface area contributed by atoms with Crippen molar-refractivity contribution in [3.05, 3.63) is 27.1 Å². The third-order valence-electron chi connectivity index (χ3n) is 4.35. The van der Waals surface area contributed by atoms with Gasteiger partial charge in [-0.05, 0) is 51.5 Å². The van der Waals surface area contributed by atoms with Gasteiger partial charge in [0, 0.05) is 4.88 Å². The molecule has 0 amide bonds. The van der Waals surface area contributed by atoms with Crippen LogP contribution in [0.25, 0.3) is 10.2 Å². The van der Waals surface area contributed by atoms with Gasteiger partial charge < -0.3 is 4.74 Å². The third-order valence-corrected chi connectivity index (χ3v) is 5.51. The number of aryl methyl sites for hydroxylation is 1. The van der Waals surface area contributed by atoms with Crippen LogP contribution in [0.2, 0.25) is 0 Å². The Bertz CT molecular complexity index is 806. The first-order valence-electron chi connectivity index (χ1n) is 8.10. The fraction of sp³-hybridized carbons (Fsp3) is 0.588. The molecule has 0 saturated carbocycles. The second-order valence-electron chi connectivity index (χ2n) is 6.65. The van der Waals surface area contributed by atoms with Crippen molar-refractivity contribution < 1.29 is 9.53 Å². The molecule has 0 fully saturated rings. The van der Waals surface area contributed by atoms with E-state index in [0.717, 1.165) is 29.7 Å². The zero-order valence-electron chi connectivity index (χ0n) is 14.0. The summed E-state index contributed by atoms with van der Waals surface area (Å²) < 4.78 is 6.62. The van der Waals surface area contributed by atoms with E-state index < -0.39 is 12.0 Å². The van der Waals surface area contributed by atoms with Crippen LogP contribution in [0.15, 0.2) is 11.1 Å². The molecule has 124 valence electrons. The van der Waals surface area contributed by atoms with Gasteiger partial charge in [0.05, 0.1) is 17.8 Å². The highest BCUT2D eigenvalue weighted by molar-refractivity contribution is 7.18. The molecule has 0 N–H and O–H groups in total. The van der Waals surface area contributed by atoms with Gasteiger partial charge in [-0.3, -0.25) is 9.36 Å². The van der Waals surface area contributed by atoms with Crippen LogP contribution in [-0.4, -0.2) is 21.6 Å². The molecule has 2 heterocycles. The van der Waals surface area contributed by atoms with Gasteiger partial charge in [0.1, 0.15) is 10.9 Å². The Balaban J connectivity index is 2.05. The highest BCUT2D eigenvalue weighted by Gasteiger charge is 2.25. The van der Waals surface area contributed by atoms with Gasteiger partial charge >= 0.3 is 5.97 Å². The number of hydrogen-bond acceptors (Lipinski definition) is 5. The number of thiophene rings is 1. The summed E-state index contributed by atoms with van der Waals surface area (Å²) in [4.78, 5) is 31.5. The normalized spacial score (nSPS) is 18.9. The number of aromatic nitrogens is 2. The molecule has 0 unspecified atom stereocenters. The molecule has 2 atom stereocenters. The van der Waals surface area contributed by atoms with Crippen LogP contribution >= 0.6 is 11.3 Å². The van der Waals surface area contributed by atoms with E-state index in [1.165, 1.54) is 15.8 Å². The second kappa shape index (κ2) is 6.07. The number of fused-ring (bicyclic) bond motifs is 3. The molecule has 0 aliphatic heterocycles. The summed E-state index contributed by atoms with van der Waals surface area (Å²) in [7, 11) is 0. The van der Waals surface area contributed by atoms with E-state index in [4.69, 9.17) is 4.74 Å². The fourth-order valence-electron chi connectivity index (χ4n) is 3.06. The first kappa shape index (κ1) is 16.2. The molecule has 1 aliphatic carbocycles. The number of rotatable bonds is 3. The van der Waals surface area contributed by atoms with Crippen LogP contribution in [0.3, 0.4) is 0 Å². The van der Waals surface area contributed by atoms with Gasteiger partial charge in [0.2, 0.25) is 0 Å². The summed E-state index contributed by atoms with van der Waals surface area (Å²) in [5, 5.41) is 0.698. The molecule has 2 aromatic rings. The molecule has 5 nitrogen and oxygen atoms in total. The Kier molecular flexibility index (Phi) is 4.27. The lowest BCUT2D eigenvalue weighted by Crippen LogP contribution is -2.31. The average Bonchev–Trinajstić information content (AvgIpc) is 2.84. The Morgan fingerprint density at radius 1 is 1.43 bits per heavy atom. The van der Waals surface area contributed by atoms with Crippen molar-refractivity contribution in [3.8, 4) is 0 Å². The van der Waals surface area contributed by atoms with Gasteiger partial charge in [-0.1, -0.05) is 6.92 Å². The standard InChI is InChI=1S/C17H22N2O3S/c1-9(2)22-17(21)11(4)19-8-18-15-14(16(19)20)12-6-5-10(3)7-13(12)23-15/h8-11H,5-7H2,1-4H3/t10-,11+/m1/s1. The van der Waals surface area contributed by atoms with E-state index in [-0.39, 0.29) is 11.7 Å². The molecule has 0 spiro atoms. The van der Waals surface area contributed by atoms with Gasteiger partial charge in [0.15, 0.2) is 0 Å². The van der Waals surface area contributed by atoms with Crippen molar-refractivity contribution in [2.45, 2.75) is 59.1 Å². The highest BCUT2D eigenvalue weighted by atomic mass is 32.1. The summed E-state index contributed by atoms with van der Waals surface area (Å²) in [6.07, 6.45) is 4.30. The van der Waals surface area contributed by atoms with Crippen LogP contribution in [0.1, 0.15) is 50.6 Å². The number of hydrogen-bond donors (Lipinski definition) is 0. The van der Waals surface area contributed by atoms with Crippen LogP contribution in [0, 0.1) is 5.92 Å². The molecular weight excluding hydrogens is 312 g/mol. The lowest BCUT2D eigenvalue weighted by molar-refractivity contribution is -0.151. The number of carbonyl (C=O) groups is 1. The molecule has 6 heteroatoms. The summed E-state index contributed by atoms with van der Waals surface area (Å²) >= 11 is 1.62. The number of carbonyl (C=O) groups excluding carboxylic acids is 1. The van der Waals surface area contributed by atoms with Crippen molar-refractivity contribution in [1.82, 2.24) is 9.55 Å². The molecule has 1 aliphatic rings. The Morgan fingerprint density at radius 2 is 2.17 bits per heavy atom. The predicted molar refractivity (Wildman–Crippen MR) is 91.0 cm³/mol. The summed E-state index contributed by atoms with van der Waals surface area (Å²) in [6, 6.07) is -0.667. The predicted octanol–water partition coefficient (Wildman–Crippen LogP) is 3.10. The van der Waals surface area contributed by atoms with E-state index in [1.54, 1.807) is 32.1 Å². The van der Waals surface area contributed by atoms with E-state index in [9.17, 15) is 9.59 Å².